The largest absolute Gasteiger partial charge is 0.354 e. The molecule has 3 rings (SSSR count). The van der Waals surface area contributed by atoms with Crippen LogP contribution in [0.15, 0.2) is 12.3 Å². The van der Waals surface area contributed by atoms with E-state index in [-0.39, 0.29) is 27.8 Å². The maximum absolute atomic E-state index is 12.9. The third-order valence-electron chi connectivity index (χ3n) is 3.50. The highest BCUT2D eigenvalue weighted by atomic mass is 16.2. The molecule has 2 aromatic heterocycles. The van der Waals surface area contributed by atoms with Crippen LogP contribution in [0.25, 0.3) is 15.9 Å². The second-order valence-electron chi connectivity index (χ2n) is 5.17. The molecule has 1 saturated heterocycles. The number of aromatic amines is 1. The summed E-state index contributed by atoms with van der Waals surface area (Å²) in [5.74, 6) is -4.85. The minimum atomic E-state index is -3.55. The van der Waals surface area contributed by atoms with E-state index < -0.39 is 50.0 Å². The van der Waals surface area contributed by atoms with Crippen LogP contribution in [0.5, 0.6) is 0 Å². The van der Waals surface area contributed by atoms with Crippen LogP contribution in [-0.4, -0.2) is 58.3 Å². The standard InChI is InChI=1S/C17H22N6O/c1-11-5-6-23(15(24)8-18-3)9-14(11)22(4)17-13-7-12(2)21-16(13)19-10-20-17/h7,10-11,14H,5-6,8-9H2,1-2,4H3,(H,19,20,21)/t11-,14+/m1/s1/i5D2,6D2,7D,8D2,9D2,10D,11D. The van der Waals surface area contributed by atoms with Gasteiger partial charge in [-0.25, -0.2) is 16.5 Å². The summed E-state index contributed by atoms with van der Waals surface area (Å²) >= 11 is 0. The molecule has 1 aliphatic rings. The molecule has 2 aromatic rings. The van der Waals surface area contributed by atoms with Crippen LogP contribution in [0.2, 0.25) is 0 Å². The summed E-state index contributed by atoms with van der Waals surface area (Å²) in [5.41, 5.74) is 0.386. The van der Waals surface area contributed by atoms with Crippen molar-refractivity contribution in [1.29, 1.82) is 0 Å². The predicted octanol–water partition coefficient (Wildman–Crippen LogP) is 1.86. The first-order valence-electron chi connectivity index (χ1n) is 12.5. The monoisotopic (exact) mass is 337 g/mol. The van der Waals surface area contributed by atoms with Crippen LogP contribution in [0, 0.1) is 19.4 Å². The van der Waals surface area contributed by atoms with Crippen LogP contribution in [0.4, 0.5) is 5.82 Å². The van der Waals surface area contributed by atoms with E-state index in [2.05, 4.69) is 19.8 Å². The highest BCUT2D eigenvalue weighted by molar-refractivity contribution is 5.88. The number of nitrogens with zero attached hydrogens (tertiary/aromatic N) is 5. The maximum atomic E-state index is 12.9. The number of carbonyl (C=O) groups excluding carboxylic acids is 1. The summed E-state index contributed by atoms with van der Waals surface area (Å²) in [4.78, 5) is 26.7. The number of likely N-dealkylation sites (tertiary alicyclic amines) is 1. The third kappa shape index (κ3) is 2.92. The van der Waals surface area contributed by atoms with Crippen LogP contribution in [-0.2, 0) is 4.79 Å². The van der Waals surface area contributed by atoms with E-state index in [1.54, 1.807) is 6.92 Å². The van der Waals surface area contributed by atoms with Gasteiger partial charge in [-0.2, -0.15) is 0 Å². The molecule has 0 aliphatic carbocycles. The third-order valence-corrected chi connectivity index (χ3v) is 3.50. The predicted molar refractivity (Wildman–Crippen MR) is 92.6 cm³/mol. The Balaban J connectivity index is 2.35. The molecule has 0 unspecified atom stereocenters. The number of likely N-dealkylation sites (N-methyl/N-ethyl adjacent to an activating group) is 1. The second-order valence-corrected chi connectivity index (χ2v) is 5.17. The highest BCUT2D eigenvalue weighted by Crippen LogP contribution is 2.29. The van der Waals surface area contributed by atoms with Crippen molar-refractivity contribution in [2.75, 3.05) is 31.4 Å². The molecule has 24 heavy (non-hydrogen) atoms. The zero-order valence-corrected chi connectivity index (χ0v) is 13.2. The number of hydrogen-bond donors (Lipinski definition) is 1. The minimum Gasteiger partial charge on any atom is -0.354 e. The van der Waals surface area contributed by atoms with Crippen molar-refractivity contribution in [3.8, 4) is 0 Å². The number of anilines is 1. The van der Waals surface area contributed by atoms with Gasteiger partial charge in [0, 0.05) is 32.6 Å². The molecule has 0 aromatic carbocycles. The first-order valence-corrected chi connectivity index (χ1v) is 6.97. The maximum Gasteiger partial charge on any atom is 0.302 e. The Morgan fingerprint density at radius 3 is 3.29 bits per heavy atom. The molecule has 0 radical (unpaired) electrons. The zero-order chi connectivity index (χ0) is 27.1. The quantitative estimate of drug-likeness (QED) is 0.868. The number of hydrogen-bond acceptors (Lipinski definition) is 4. The van der Waals surface area contributed by atoms with Gasteiger partial charge < -0.3 is 19.6 Å². The number of amides is 1. The van der Waals surface area contributed by atoms with E-state index in [9.17, 15) is 4.79 Å². The molecule has 1 aliphatic heterocycles. The smallest absolute Gasteiger partial charge is 0.302 e. The average Bonchev–Trinajstić information content (AvgIpc) is 2.98. The van der Waals surface area contributed by atoms with Gasteiger partial charge in [-0.1, -0.05) is 6.92 Å². The molecule has 3 heterocycles. The molecular weight excluding hydrogens is 304 g/mol. The summed E-state index contributed by atoms with van der Waals surface area (Å²) < 4.78 is 91.1. The lowest BCUT2D eigenvalue weighted by Crippen LogP contribution is -2.53. The molecule has 0 spiro atoms. The number of rotatable bonds is 3. The van der Waals surface area contributed by atoms with Crippen LogP contribution in [0.3, 0.4) is 0 Å². The number of aryl methyl sites for hydroxylation is 1. The Bertz CT molecular complexity index is 1250. The zero-order valence-electron chi connectivity index (χ0n) is 24.2. The summed E-state index contributed by atoms with van der Waals surface area (Å²) in [7, 11) is 1.18. The lowest BCUT2D eigenvalue weighted by atomic mass is 9.92. The van der Waals surface area contributed by atoms with Crippen LogP contribution in [0.1, 0.15) is 34.1 Å². The van der Waals surface area contributed by atoms with E-state index in [0.717, 1.165) is 11.8 Å². The Labute approximate surface area is 157 Å². The van der Waals surface area contributed by atoms with E-state index >= 15 is 0 Å². The van der Waals surface area contributed by atoms with Gasteiger partial charge in [0.1, 0.15) is 21.9 Å². The van der Waals surface area contributed by atoms with Gasteiger partial charge >= 0.3 is 5.91 Å². The summed E-state index contributed by atoms with van der Waals surface area (Å²) in [6.45, 7) is -0.812. The van der Waals surface area contributed by atoms with Gasteiger partial charge in [-0.05, 0) is 25.2 Å². The molecule has 7 heteroatoms. The van der Waals surface area contributed by atoms with Crippen molar-refractivity contribution >= 4 is 22.8 Å². The molecule has 1 fully saturated rings. The van der Waals surface area contributed by atoms with Crippen molar-refractivity contribution in [2.45, 2.75) is 26.3 Å². The highest BCUT2D eigenvalue weighted by Gasteiger charge is 2.33. The number of piperidine rings is 1. The van der Waals surface area contributed by atoms with E-state index in [0.29, 0.717) is 5.69 Å². The van der Waals surface area contributed by atoms with Gasteiger partial charge in [0.05, 0.1) is 15.5 Å². The molecule has 1 amide bonds. The Morgan fingerprint density at radius 2 is 2.54 bits per heavy atom. The van der Waals surface area contributed by atoms with Gasteiger partial charge in [0.2, 0.25) is 0 Å². The lowest BCUT2D eigenvalue weighted by molar-refractivity contribution is -0.130. The van der Waals surface area contributed by atoms with Gasteiger partial charge in [0.15, 0.2) is 0 Å². The fourth-order valence-electron chi connectivity index (χ4n) is 2.37. The topological polar surface area (TPSA) is 69.5 Å². The first kappa shape index (κ1) is 7.51. The number of nitrogens with one attached hydrogen (secondary N) is 1. The van der Waals surface area contributed by atoms with E-state index in [4.69, 9.17) is 21.7 Å². The Kier molecular flexibility index (Phi) is 2.03. The number of H-pyrrole nitrogens is 1. The van der Waals surface area contributed by atoms with Crippen molar-refractivity contribution in [3.63, 3.8) is 0 Å². The molecule has 0 bridgehead atoms. The van der Waals surface area contributed by atoms with E-state index in [1.165, 1.54) is 7.05 Å². The van der Waals surface area contributed by atoms with Crippen molar-refractivity contribution in [3.05, 3.63) is 29.5 Å². The molecule has 7 nitrogen and oxygen atoms in total. The Hall–Kier alpha value is -2.62. The van der Waals surface area contributed by atoms with Gasteiger partial charge in [-0.3, -0.25) is 4.79 Å². The van der Waals surface area contributed by atoms with Crippen molar-refractivity contribution < 1.29 is 19.9 Å². The molecular formula is C17H22N6O. The van der Waals surface area contributed by atoms with Crippen molar-refractivity contribution in [1.82, 2.24) is 19.9 Å². The molecule has 1 N–H and O–H groups in total. The normalized spacial score (nSPS) is 37.5. The Morgan fingerprint density at radius 1 is 1.75 bits per heavy atom. The summed E-state index contributed by atoms with van der Waals surface area (Å²) in [5, 5.41) is 0.0242. The average molecular weight is 337 g/mol. The minimum absolute atomic E-state index is 0.0242. The van der Waals surface area contributed by atoms with Gasteiger partial charge in [-0.15, -0.1) is 0 Å². The number of carbonyl (C=O) groups is 1. The SMILES string of the molecule is [2H]c1nc(N(C)[C@H]2C([2H])([2H])N(C(=O)C([2H])([2H])[N+]#[C-])C([2H])([2H])C([2H])([2H])[C@@]2([2H])C)c2c([2H])c(C)[nH]c2n1. The molecule has 0 saturated carbocycles. The number of aromatic nitrogens is 3. The van der Waals surface area contributed by atoms with E-state index in [1.807, 2.05) is 0 Å². The number of fused-ring (bicyclic) bond motifs is 1. The van der Waals surface area contributed by atoms with Crippen LogP contribution >= 0.6 is 0 Å². The van der Waals surface area contributed by atoms with Crippen molar-refractivity contribution in [2.24, 2.45) is 5.89 Å². The fourth-order valence-corrected chi connectivity index (χ4v) is 2.37. The lowest BCUT2D eigenvalue weighted by Gasteiger charge is -2.41. The fraction of sp³-hybridized carbons (Fsp3) is 0.529. The first-order chi connectivity index (χ1) is 15.7. The molecule has 126 valence electrons. The van der Waals surface area contributed by atoms with Gasteiger partial charge in [0.25, 0.3) is 6.50 Å². The summed E-state index contributed by atoms with van der Waals surface area (Å²) in [6.07, 6.45) is -3.84. The van der Waals surface area contributed by atoms with Crippen LogP contribution < -0.4 is 4.90 Å². The second kappa shape index (κ2) is 6.48. The molecule has 2 atom stereocenters. The summed E-state index contributed by atoms with van der Waals surface area (Å²) in [6, 6.07) is -2.16.